The maximum atomic E-state index is 12.6. The topological polar surface area (TPSA) is 93.5 Å². The summed E-state index contributed by atoms with van der Waals surface area (Å²) in [5, 5.41) is 6.91. The van der Waals surface area contributed by atoms with E-state index in [1.54, 1.807) is 18.3 Å². The molecule has 36 heavy (non-hydrogen) atoms. The number of carbonyl (C=O) groups excluding carboxylic acids is 1. The van der Waals surface area contributed by atoms with Crippen LogP contribution in [-0.2, 0) is 11.8 Å². The van der Waals surface area contributed by atoms with Crippen LogP contribution in [0.15, 0.2) is 60.8 Å². The van der Waals surface area contributed by atoms with Crippen LogP contribution in [0.25, 0.3) is 11.0 Å². The summed E-state index contributed by atoms with van der Waals surface area (Å²) >= 11 is 5.98. The van der Waals surface area contributed by atoms with Crippen molar-refractivity contribution in [3.05, 3.63) is 71.5 Å². The molecule has 2 aromatic carbocycles. The van der Waals surface area contributed by atoms with Crippen LogP contribution in [0.1, 0.15) is 10.5 Å². The standard InChI is InChI=1S/C26H27ClN6O3/c1-32-24-7-6-20(16-22(24)31-26(32)30-19-4-2-18(27)3-5-19)36-21-8-9-28-23(17-21)25(34)29-10-11-33-12-14-35-15-13-33/h2-9,16-17H,10-15H2,1H3,(H,29,34)(H,30,31). The fourth-order valence-electron chi connectivity index (χ4n) is 4.00. The van der Waals surface area contributed by atoms with Gasteiger partial charge in [-0.25, -0.2) is 4.98 Å². The number of aromatic nitrogens is 3. The average Bonchev–Trinajstić information content (AvgIpc) is 3.20. The van der Waals surface area contributed by atoms with Gasteiger partial charge >= 0.3 is 0 Å². The van der Waals surface area contributed by atoms with E-state index in [0.717, 1.165) is 49.6 Å². The van der Waals surface area contributed by atoms with Crippen LogP contribution in [0.4, 0.5) is 11.6 Å². The Morgan fingerprint density at radius 3 is 2.67 bits per heavy atom. The Hall–Kier alpha value is -3.66. The minimum Gasteiger partial charge on any atom is -0.457 e. The highest BCUT2D eigenvalue weighted by Crippen LogP contribution is 2.28. The molecule has 0 atom stereocenters. The number of benzene rings is 2. The second-order valence-electron chi connectivity index (χ2n) is 8.47. The second kappa shape index (κ2) is 10.9. The van der Waals surface area contributed by atoms with Crippen LogP contribution in [0.5, 0.6) is 11.5 Å². The molecule has 0 unspecified atom stereocenters. The van der Waals surface area contributed by atoms with E-state index in [9.17, 15) is 4.79 Å². The minimum absolute atomic E-state index is 0.230. The summed E-state index contributed by atoms with van der Waals surface area (Å²) in [4.78, 5) is 23.7. The van der Waals surface area contributed by atoms with Gasteiger partial charge in [0.15, 0.2) is 0 Å². The van der Waals surface area contributed by atoms with Gasteiger partial charge in [0, 0.05) is 62.3 Å². The molecule has 0 saturated carbocycles. The number of nitrogens with one attached hydrogen (secondary N) is 2. The number of hydrogen-bond donors (Lipinski definition) is 2. The smallest absolute Gasteiger partial charge is 0.270 e. The number of hydrogen-bond acceptors (Lipinski definition) is 7. The molecule has 0 spiro atoms. The van der Waals surface area contributed by atoms with Gasteiger partial charge in [0.05, 0.1) is 24.2 Å². The van der Waals surface area contributed by atoms with Crippen molar-refractivity contribution in [2.45, 2.75) is 0 Å². The van der Waals surface area contributed by atoms with Crippen molar-refractivity contribution >= 4 is 40.2 Å². The first-order chi connectivity index (χ1) is 17.5. The maximum Gasteiger partial charge on any atom is 0.270 e. The SMILES string of the molecule is Cn1c(Nc2ccc(Cl)cc2)nc2cc(Oc3ccnc(C(=O)NCCN4CCOCC4)c3)ccc21. The first kappa shape index (κ1) is 24.1. The summed E-state index contributed by atoms with van der Waals surface area (Å²) in [5.41, 5.74) is 2.93. The number of amides is 1. The Kier molecular flexibility index (Phi) is 7.31. The van der Waals surface area contributed by atoms with E-state index >= 15 is 0 Å². The lowest BCUT2D eigenvalue weighted by Gasteiger charge is -2.26. The normalized spacial score (nSPS) is 14.1. The van der Waals surface area contributed by atoms with Gasteiger partial charge < -0.3 is 24.7 Å². The average molecular weight is 507 g/mol. The summed E-state index contributed by atoms with van der Waals surface area (Å²) in [6.45, 7) is 4.57. The molecule has 1 aliphatic rings. The summed E-state index contributed by atoms with van der Waals surface area (Å²) < 4.78 is 13.4. The third kappa shape index (κ3) is 5.76. The first-order valence-electron chi connectivity index (χ1n) is 11.8. The molecule has 1 saturated heterocycles. The summed E-state index contributed by atoms with van der Waals surface area (Å²) in [6.07, 6.45) is 1.57. The minimum atomic E-state index is -0.230. The monoisotopic (exact) mass is 506 g/mol. The fraction of sp³-hybridized carbons (Fsp3) is 0.269. The van der Waals surface area contributed by atoms with Crippen LogP contribution in [-0.4, -0.2) is 64.7 Å². The molecule has 1 fully saturated rings. The third-order valence-electron chi connectivity index (χ3n) is 5.97. The highest BCUT2D eigenvalue weighted by molar-refractivity contribution is 6.30. The van der Waals surface area contributed by atoms with Crippen LogP contribution in [0, 0.1) is 0 Å². The quantitative estimate of drug-likeness (QED) is 0.369. The lowest BCUT2D eigenvalue weighted by atomic mass is 10.3. The van der Waals surface area contributed by atoms with E-state index in [-0.39, 0.29) is 5.91 Å². The van der Waals surface area contributed by atoms with Crippen molar-refractivity contribution in [1.29, 1.82) is 0 Å². The lowest BCUT2D eigenvalue weighted by molar-refractivity contribution is 0.0383. The molecule has 2 N–H and O–H groups in total. The number of ether oxygens (including phenoxy) is 2. The molecule has 2 aromatic heterocycles. The van der Waals surface area contributed by atoms with Gasteiger partial charge in [0.2, 0.25) is 5.95 Å². The number of rotatable bonds is 8. The zero-order valence-electron chi connectivity index (χ0n) is 19.9. The number of anilines is 2. The Bertz CT molecular complexity index is 1350. The van der Waals surface area contributed by atoms with Crippen molar-refractivity contribution in [2.24, 2.45) is 7.05 Å². The van der Waals surface area contributed by atoms with Crippen molar-refractivity contribution < 1.29 is 14.3 Å². The van der Waals surface area contributed by atoms with Crippen molar-refractivity contribution in [1.82, 2.24) is 24.8 Å². The van der Waals surface area contributed by atoms with Gasteiger partial charge in [0.25, 0.3) is 5.91 Å². The van der Waals surface area contributed by atoms with E-state index in [0.29, 0.717) is 34.7 Å². The molecule has 1 aliphatic heterocycles. The molecule has 1 amide bonds. The van der Waals surface area contributed by atoms with Crippen molar-refractivity contribution in [2.75, 3.05) is 44.7 Å². The Morgan fingerprint density at radius 1 is 1.08 bits per heavy atom. The fourth-order valence-corrected chi connectivity index (χ4v) is 4.12. The van der Waals surface area contributed by atoms with Gasteiger partial charge in [-0.2, -0.15) is 0 Å². The highest BCUT2D eigenvalue weighted by atomic mass is 35.5. The summed E-state index contributed by atoms with van der Waals surface area (Å²) in [6, 6.07) is 16.5. The van der Waals surface area contributed by atoms with Gasteiger partial charge in [0.1, 0.15) is 17.2 Å². The summed E-state index contributed by atoms with van der Waals surface area (Å²) in [5.74, 6) is 1.61. The molecule has 0 radical (unpaired) electrons. The van der Waals surface area contributed by atoms with E-state index in [1.807, 2.05) is 54.1 Å². The number of halogens is 1. The third-order valence-corrected chi connectivity index (χ3v) is 6.22. The number of nitrogens with zero attached hydrogens (tertiary/aromatic N) is 4. The molecule has 3 heterocycles. The van der Waals surface area contributed by atoms with E-state index in [4.69, 9.17) is 26.1 Å². The van der Waals surface area contributed by atoms with Crippen LogP contribution in [0.2, 0.25) is 5.02 Å². The van der Waals surface area contributed by atoms with Gasteiger partial charge in [-0.15, -0.1) is 0 Å². The van der Waals surface area contributed by atoms with Crippen LogP contribution in [0.3, 0.4) is 0 Å². The molecule has 0 bridgehead atoms. The van der Waals surface area contributed by atoms with Gasteiger partial charge in [-0.3, -0.25) is 14.7 Å². The number of imidazole rings is 1. The van der Waals surface area contributed by atoms with Gasteiger partial charge in [-0.05, 0) is 42.5 Å². The van der Waals surface area contributed by atoms with Gasteiger partial charge in [-0.1, -0.05) is 11.6 Å². The predicted octanol–water partition coefficient (Wildman–Crippen LogP) is 4.22. The van der Waals surface area contributed by atoms with Crippen LogP contribution >= 0.6 is 11.6 Å². The van der Waals surface area contributed by atoms with E-state index < -0.39 is 0 Å². The molecular weight excluding hydrogens is 480 g/mol. The van der Waals surface area contributed by atoms with E-state index in [2.05, 4.69) is 20.5 Å². The zero-order chi connectivity index (χ0) is 24.9. The number of fused-ring (bicyclic) bond motifs is 1. The lowest BCUT2D eigenvalue weighted by Crippen LogP contribution is -2.41. The summed E-state index contributed by atoms with van der Waals surface area (Å²) in [7, 11) is 1.95. The molecule has 4 aromatic rings. The Balaban J connectivity index is 1.24. The number of morpholine rings is 1. The number of carbonyl (C=O) groups is 1. The van der Waals surface area contributed by atoms with Crippen LogP contribution < -0.4 is 15.4 Å². The molecule has 0 aliphatic carbocycles. The zero-order valence-corrected chi connectivity index (χ0v) is 20.7. The number of aryl methyl sites for hydroxylation is 1. The Morgan fingerprint density at radius 2 is 1.86 bits per heavy atom. The maximum absolute atomic E-state index is 12.6. The van der Waals surface area contributed by atoms with E-state index in [1.165, 1.54) is 0 Å². The van der Waals surface area contributed by atoms with Crippen molar-refractivity contribution in [3.8, 4) is 11.5 Å². The molecule has 10 heteroatoms. The molecular formula is C26H27ClN6O3. The first-order valence-corrected chi connectivity index (χ1v) is 12.1. The highest BCUT2D eigenvalue weighted by Gasteiger charge is 2.13. The largest absolute Gasteiger partial charge is 0.457 e. The predicted molar refractivity (Wildman–Crippen MR) is 139 cm³/mol. The Labute approximate surface area is 214 Å². The number of pyridine rings is 1. The molecule has 186 valence electrons. The second-order valence-corrected chi connectivity index (χ2v) is 8.90. The molecule has 9 nitrogen and oxygen atoms in total. The van der Waals surface area contributed by atoms with Crippen molar-refractivity contribution in [3.63, 3.8) is 0 Å². The molecule has 5 rings (SSSR count).